The number of aromatic nitrogens is 7. The molecule has 55 heavy (non-hydrogen) atoms. The lowest BCUT2D eigenvalue weighted by atomic mass is 10.0. The number of H-pyrrole nitrogens is 3. The van der Waals surface area contributed by atoms with Gasteiger partial charge in [-0.15, -0.1) is 0 Å². The fourth-order valence-electron chi connectivity index (χ4n) is 6.55. The van der Waals surface area contributed by atoms with E-state index in [0.29, 0.717) is 5.39 Å². The average molecular weight is 822 g/mol. The van der Waals surface area contributed by atoms with Crippen LogP contribution in [0.3, 0.4) is 0 Å². The van der Waals surface area contributed by atoms with Gasteiger partial charge >= 0.3 is 0 Å². The second-order valence-electron chi connectivity index (χ2n) is 12.3. The number of aromatic amines is 3. The van der Waals surface area contributed by atoms with Crippen molar-refractivity contribution < 1.29 is 51.9 Å². The SMILES string of the molecule is O=S(=O)(O)c1ccc2c(c1)-c1nc3nc([nH]c4[nH]c([nH]c5nc(c-2n1)-c1cc(S(=O)(=O)O)ccc1-5)c1cc(S(=O)(=O)O)ccc41)-c1cc(S(=O)(=O)O)ccc1-3. The topological polar surface area (TPSA) is 316 Å². The smallest absolute Gasteiger partial charge is 0.294 e. The van der Waals surface area contributed by atoms with E-state index in [-0.39, 0.29) is 84.7 Å². The molecule has 0 amide bonds. The fraction of sp³-hybridized carbons (Fsp3) is 0. The third-order valence-electron chi connectivity index (χ3n) is 9.03. The average Bonchev–Trinajstić information content (AvgIpc) is 3.84. The van der Waals surface area contributed by atoms with E-state index >= 15 is 0 Å². The second kappa shape index (κ2) is 11.3. The molecule has 23 heteroatoms. The zero-order valence-electron chi connectivity index (χ0n) is 26.9. The Bertz CT molecular complexity index is 3450. The van der Waals surface area contributed by atoms with Gasteiger partial charge in [-0.1, -0.05) is 6.07 Å². The summed E-state index contributed by atoms with van der Waals surface area (Å²) in [4.78, 5) is 25.9. The minimum atomic E-state index is -4.75. The van der Waals surface area contributed by atoms with Crippen LogP contribution in [-0.2, 0) is 40.5 Å². The summed E-state index contributed by atoms with van der Waals surface area (Å²) in [6.45, 7) is 0. The van der Waals surface area contributed by atoms with Crippen LogP contribution in [0.15, 0.2) is 92.4 Å². The molecule has 3 aliphatic heterocycles. The summed E-state index contributed by atoms with van der Waals surface area (Å²) < 4.78 is 137. The van der Waals surface area contributed by atoms with Crippen LogP contribution in [-0.4, -0.2) is 86.8 Å². The second-order valence-corrected chi connectivity index (χ2v) is 18.0. The number of nitrogens with one attached hydrogen (secondary N) is 3. The fourth-order valence-corrected chi connectivity index (χ4v) is 8.57. The summed E-state index contributed by atoms with van der Waals surface area (Å²) in [5, 5.41) is 0.518. The number of benzene rings is 4. The normalized spacial score (nSPS) is 13.3. The maximum absolute atomic E-state index is 12.3. The van der Waals surface area contributed by atoms with Crippen molar-refractivity contribution in [1.82, 2.24) is 34.9 Å². The molecule has 2 aromatic heterocycles. The molecule has 278 valence electrons. The quantitative estimate of drug-likeness (QED) is 0.122. The summed E-state index contributed by atoms with van der Waals surface area (Å²) in [6, 6.07) is 14.4. The summed E-state index contributed by atoms with van der Waals surface area (Å²) in [6.07, 6.45) is 0. The van der Waals surface area contributed by atoms with Gasteiger partial charge < -0.3 is 15.0 Å². The van der Waals surface area contributed by atoms with Gasteiger partial charge in [0.05, 0.1) is 31.0 Å². The molecule has 0 saturated carbocycles. The Morgan fingerprint density at radius 3 is 1.45 bits per heavy atom. The molecule has 0 radical (unpaired) electrons. The van der Waals surface area contributed by atoms with Gasteiger partial charge in [0.25, 0.3) is 40.5 Å². The molecule has 3 aliphatic rings. The molecule has 8 bridgehead atoms. The van der Waals surface area contributed by atoms with Gasteiger partial charge in [-0.05, 0) is 66.7 Å². The maximum atomic E-state index is 12.3. The first-order valence-corrected chi connectivity index (χ1v) is 21.1. The van der Waals surface area contributed by atoms with Crippen molar-refractivity contribution in [3.05, 3.63) is 72.8 Å². The van der Waals surface area contributed by atoms with Gasteiger partial charge in [-0.25, -0.2) is 19.9 Å². The molecule has 5 heterocycles. The van der Waals surface area contributed by atoms with Gasteiger partial charge in [0.1, 0.15) is 22.9 Å². The van der Waals surface area contributed by atoms with Crippen LogP contribution in [0.2, 0.25) is 0 Å². The van der Waals surface area contributed by atoms with E-state index in [4.69, 9.17) is 4.98 Å². The van der Waals surface area contributed by atoms with Crippen molar-refractivity contribution in [2.24, 2.45) is 0 Å². The standard InChI is InChI=1S/C32H19N7O12S4/c40-52(41,42)13-2-6-18-21(9-13)26-25-17-5-1-14(53(43,44)45)10-22(17)30(33-25)36-28-19-7-3-16(55(49,50)51)12-24(19)32(37-28)39-29-20-8-4-15(54(46,47)48)11-23(20)31(38-29)35-27(18)34-26/h1-12H,(H,40,41,42)(H,43,44,45)(H,46,47,48)(H,49,50,51)(H3,33,34,35,36,37,38,39). The Hall–Kier alpha value is -5.92. The zero-order valence-corrected chi connectivity index (χ0v) is 30.2. The lowest BCUT2D eigenvalue weighted by Crippen LogP contribution is -1.99. The molecule has 0 aliphatic carbocycles. The monoisotopic (exact) mass is 821 g/mol. The van der Waals surface area contributed by atoms with Crippen molar-refractivity contribution in [2.75, 3.05) is 0 Å². The summed E-state index contributed by atoms with van der Waals surface area (Å²) in [5.74, 6) is -0.158. The molecule has 4 aromatic carbocycles. The molecule has 0 saturated heterocycles. The molecule has 7 N–H and O–H groups in total. The number of fused-ring (bicyclic) bond motifs is 21. The van der Waals surface area contributed by atoms with Gasteiger partial charge in [0.15, 0.2) is 11.6 Å². The lowest BCUT2D eigenvalue weighted by molar-refractivity contribution is 0.481. The zero-order chi connectivity index (χ0) is 39.0. The molecule has 0 spiro atoms. The van der Waals surface area contributed by atoms with Gasteiger partial charge in [0, 0.05) is 44.2 Å². The van der Waals surface area contributed by atoms with Gasteiger partial charge in [-0.2, -0.15) is 33.7 Å². The van der Waals surface area contributed by atoms with E-state index in [2.05, 4.69) is 29.9 Å². The molecule has 0 fully saturated rings. The first kappa shape index (κ1) is 34.8. The molecular formula is C32H19N7O12S4. The highest BCUT2D eigenvalue weighted by atomic mass is 32.2. The number of hydrogen-bond donors (Lipinski definition) is 7. The number of hydrogen-bond acceptors (Lipinski definition) is 12. The molecule has 0 atom stereocenters. The van der Waals surface area contributed by atoms with Gasteiger partial charge in [-0.3, -0.25) is 18.2 Å². The van der Waals surface area contributed by atoms with Crippen molar-refractivity contribution in [2.45, 2.75) is 19.6 Å². The van der Waals surface area contributed by atoms with E-state index < -0.39 is 60.1 Å². The summed E-state index contributed by atoms with van der Waals surface area (Å²) >= 11 is 0. The van der Waals surface area contributed by atoms with Crippen molar-refractivity contribution in [3.8, 4) is 68.1 Å². The largest absolute Gasteiger partial charge is 0.327 e. The first-order chi connectivity index (χ1) is 25.7. The third kappa shape index (κ3) is 5.68. The van der Waals surface area contributed by atoms with Crippen LogP contribution < -0.4 is 0 Å². The highest BCUT2D eigenvalue weighted by Gasteiger charge is 2.31. The first-order valence-electron chi connectivity index (χ1n) is 15.4. The Balaban J connectivity index is 1.49. The Morgan fingerprint density at radius 1 is 0.382 bits per heavy atom. The minimum absolute atomic E-state index is 0.00582. The Labute approximate surface area is 308 Å². The van der Waals surface area contributed by atoms with E-state index in [9.17, 15) is 51.9 Å². The van der Waals surface area contributed by atoms with E-state index in [1.165, 1.54) is 30.3 Å². The van der Waals surface area contributed by atoms with E-state index in [1.807, 2.05) is 0 Å². The van der Waals surface area contributed by atoms with Gasteiger partial charge in [0.2, 0.25) is 0 Å². The van der Waals surface area contributed by atoms with Crippen LogP contribution in [0.5, 0.6) is 0 Å². The van der Waals surface area contributed by atoms with Crippen LogP contribution >= 0.6 is 0 Å². The van der Waals surface area contributed by atoms with Crippen LogP contribution in [0, 0.1) is 0 Å². The van der Waals surface area contributed by atoms with Crippen molar-refractivity contribution in [1.29, 1.82) is 0 Å². The summed E-state index contributed by atoms with van der Waals surface area (Å²) in [7, 11) is -18.9. The highest BCUT2D eigenvalue weighted by molar-refractivity contribution is 7.86. The Kier molecular flexibility index (Phi) is 7.16. The number of rotatable bonds is 4. The van der Waals surface area contributed by atoms with Crippen LogP contribution in [0.4, 0.5) is 0 Å². The Morgan fingerprint density at radius 2 is 0.836 bits per heavy atom. The van der Waals surface area contributed by atoms with Crippen LogP contribution in [0.1, 0.15) is 0 Å². The predicted octanol–water partition coefficient (Wildman–Crippen LogP) is 4.30. The van der Waals surface area contributed by atoms with Crippen molar-refractivity contribution in [3.63, 3.8) is 0 Å². The molecule has 6 aromatic rings. The molecule has 9 rings (SSSR count). The minimum Gasteiger partial charge on any atom is -0.327 e. The lowest BCUT2D eigenvalue weighted by Gasteiger charge is -2.05. The highest BCUT2D eigenvalue weighted by Crippen LogP contribution is 2.46. The molecular weight excluding hydrogens is 803 g/mol. The predicted molar refractivity (Wildman–Crippen MR) is 192 cm³/mol. The van der Waals surface area contributed by atoms with E-state index in [0.717, 1.165) is 42.5 Å². The van der Waals surface area contributed by atoms with Crippen molar-refractivity contribution >= 4 is 62.5 Å². The number of nitrogens with zero attached hydrogens (tertiary/aromatic N) is 4. The van der Waals surface area contributed by atoms with E-state index in [1.54, 1.807) is 0 Å². The molecule has 19 nitrogen and oxygen atoms in total. The molecule has 0 unspecified atom stereocenters. The van der Waals surface area contributed by atoms with Crippen LogP contribution in [0.25, 0.3) is 90.1 Å². The third-order valence-corrected chi connectivity index (χ3v) is 12.4. The summed E-state index contributed by atoms with van der Waals surface area (Å²) in [5.41, 5.74) is 1.42. The maximum Gasteiger partial charge on any atom is 0.294 e.